The van der Waals surface area contributed by atoms with Crippen molar-refractivity contribution in [3.63, 3.8) is 0 Å². The van der Waals surface area contributed by atoms with Gasteiger partial charge in [-0.15, -0.1) is 0 Å². The van der Waals surface area contributed by atoms with Crippen molar-refractivity contribution in [2.24, 2.45) is 23.7 Å². The summed E-state index contributed by atoms with van der Waals surface area (Å²) in [5.74, 6) is 2.81. The quantitative estimate of drug-likeness (QED) is 0.355. The molecule has 0 aliphatic heterocycles. The third kappa shape index (κ3) is 10.0. The molecule has 1 rings (SSSR count). The highest BCUT2D eigenvalue weighted by Crippen LogP contribution is 2.31. The van der Waals surface area contributed by atoms with Gasteiger partial charge in [-0.05, 0) is 68.1 Å². The summed E-state index contributed by atoms with van der Waals surface area (Å²) < 4.78 is 16.5. The first-order chi connectivity index (χ1) is 14.7. The van der Waals surface area contributed by atoms with Crippen LogP contribution >= 0.6 is 0 Å². The summed E-state index contributed by atoms with van der Waals surface area (Å²) in [5.41, 5.74) is 1.21. The Morgan fingerprint density at radius 3 is 2.26 bits per heavy atom. The fourth-order valence-electron chi connectivity index (χ4n) is 4.05. The zero-order valence-corrected chi connectivity index (χ0v) is 20.6. The van der Waals surface area contributed by atoms with E-state index in [1.54, 1.807) is 21.1 Å². The van der Waals surface area contributed by atoms with Crippen molar-refractivity contribution in [2.75, 3.05) is 27.4 Å². The van der Waals surface area contributed by atoms with Crippen LogP contribution in [0.3, 0.4) is 0 Å². The topological polar surface area (TPSA) is 65.0 Å². The molecule has 0 bridgehead atoms. The predicted octanol–water partition coefficient (Wildman–Crippen LogP) is 5.32. The van der Waals surface area contributed by atoms with Crippen LogP contribution in [0.4, 0.5) is 0 Å². The van der Waals surface area contributed by atoms with Gasteiger partial charge >= 0.3 is 0 Å². The molecule has 0 amide bonds. The molecule has 1 N–H and O–H groups in total. The Morgan fingerprint density at radius 2 is 1.71 bits per heavy atom. The van der Waals surface area contributed by atoms with Crippen molar-refractivity contribution >= 4 is 5.78 Å². The van der Waals surface area contributed by atoms with Crippen molar-refractivity contribution in [1.29, 1.82) is 0 Å². The van der Waals surface area contributed by atoms with E-state index in [-0.39, 0.29) is 17.6 Å². The zero-order valence-electron chi connectivity index (χ0n) is 20.6. The van der Waals surface area contributed by atoms with E-state index in [1.807, 2.05) is 19.9 Å². The number of carbonyl (C=O) groups excluding carboxylic acids is 1. The lowest BCUT2D eigenvalue weighted by atomic mass is 9.82. The number of aliphatic hydroxyl groups excluding tert-OH is 1. The lowest BCUT2D eigenvalue weighted by Crippen LogP contribution is -2.24. The van der Waals surface area contributed by atoms with Crippen molar-refractivity contribution in [2.45, 2.75) is 72.8 Å². The number of Topliss-reactive ketones (excluding diaryl/α,β-unsaturated/α-hetero) is 1. The van der Waals surface area contributed by atoms with Gasteiger partial charge in [0.2, 0.25) is 0 Å². The third-order valence-corrected chi connectivity index (χ3v) is 6.14. The molecule has 0 radical (unpaired) electrons. The number of methoxy groups -OCH3 is 2. The average Bonchev–Trinajstić information content (AvgIpc) is 2.71. The second-order valence-electron chi connectivity index (χ2n) is 9.32. The van der Waals surface area contributed by atoms with Crippen LogP contribution < -0.4 is 9.47 Å². The smallest absolute Gasteiger partial charge is 0.161 e. The SMILES string of the molecule is COCCCOc1cc(C[C@@H](CC[C@@H](O)C[C@H](C(C)=O)C(C)C)C(C)C)ccc1OC. The highest BCUT2D eigenvalue weighted by atomic mass is 16.5. The van der Waals surface area contributed by atoms with Gasteiger partial charge < -0.3 is 19.3 Å². The molecule has 0 heterocycles. The molecule has 0 saturated carbocycles. The second-order valence-corrected chi connectivity index (χ2v) is 9.32. The van der Waals surface area contributed by atoms with Gasteiger partial charge in [-0.25, -0.2) is 0 Å². The number of rotatable bonds is 16. The van der Waals surface area contributed by atoms with E-state index in [1.165, 1.54) is 5.56 Å². The van der Waals surface area contributed by atoms with Gasteiger partial charge in [0, 0.05) is 26.1 Å². The van der Waals surface area contributed by atoms with Crippen molar-refractivity contribution in [1.82, 2.24) is 0 Å². The number of ketones is 1. The molecule has 1 aromatic rings. The first-order valence-electron chi connectivity index (χ1n) is 11.7. The normalized spacial score (nSPS) is 14.5. The van der Waals surface area contributed by atoms with Crippen molar-refractivity contribution in [3.05, 3.63) is 23.8 Å². The molecular weight excluding hydrogens is 392 g/mol. The van der Waals surface area contributed by atoms with Crippen LogP contribution in [0.25, 0.3) is 0 Å². The maximum absolute atomic E-state index is 11.9. The molecule has 0 aromatic heterocycles. The molecule has 0 unspecified atom stereocenters. The average molecular weight is 437 g/mol. The van der Waals surface area contributed by atoms with Crippen LogP contribution in [0.1, 0.15) is 65.9 Å². The van der Waals surface area contributed by atoms with E-state index in [9.17, 15) is 9.90 Å². The van der Waals surface area contributed by atoms with E-state index in [4.69, 9.17) is 14.2 Å². The Hall–Kier alpha value is -1.59. The minimum atomic E-state index is -0.437. The Bertz CT molecular complexity index is 641. The maximum atomic E-state index is 11.9. The van der Waals surface area contributed by atoms with Gasteiger partial charge in [-0.3, -0.25) is 4.79 Å². The first kappa shape index (κ1) is 27.4. The number of benzene rings is 1. The van der Waals surface area contributed by atoms with Crippen LogP contribution in [-0.4, -0.2) is 44.4 Å². The predicted molar refractivity (Wildman–Crippen MR) is 126 cm³/mol. The summed E-state index contributed by atoms with van der Waals surface area (Å²) in [4.78, 5) is 11.9. The molecule has 0 aliphatic carbocycles. The van der Waals surface area contributed by atoms with Crippen LogP contribution in [0.5, 0.6) is 11.5 Å². The zero-order chi connectivity index (χ0) is 23.4. The summed E-state index contributed by atoms with van der Waals surface area (Å²) in [5, 5.41) is 10.6. The van der Waals surface area contributed by atoms with Gasteiger partial charge in [0.1, 0.15) is 5.78 Å². The number of hydrogen-bond acceptors (Lipinski definition) is 5. The summed E-state index contributed by atoms with van der Waals surface area (Å²) in [6.07, 6.45) is 3.51. The van der Waals surface area contributed by atoms with E-state index in [0.29, 0.717) is 31.5 Å². The summed E-state index contributed by atoms with van der Waals surface area (Å²) in [7, 11) is 3.34. The van der Waals surface area contributed by atoms with Gasteiger partial charge in [0.05, 0.1) is 19.8 Å². The third-order valence-electron chi connectivity index (χ3n) is 6.14. The molecule has 0 fully saturated rings. The second kappa shape index (κ2) is 14.5. The van der Waals surface area contributed by atoms with Gasteiger partial charge in [-0.1, -0.05) is 33.8 Å². The highest BCUT2D eigenvalue weighted by molar-refractivity contribution is 5.78. The summed E-state index contributed by atoms with van der Waals surface area (Å²) in [6, 6.07) is 6.13. The highest BCUT2D eigenvalue weighted by Gasteiger charge is 2.23. The number of carbonyl (C=O) groups is 1. The number of hydrogen-bond donors (Lipinski definition) is 1. The van der Waals surface area contributed by atoms with Crippen LogP contribution in [0.2, 0.25) is 0 Å². The van der Waals surface area contributed by atoms with E-state index < -0.39 is 6.10 Å². The molecule has 1 aromatic carbocycles. The van der Waals surface area contributed by atoms with Crippen LogP contribution in [0, 0.1) is 23.7 Å². The van der Waals surface area contributed by atoms with E-state index >= 15 is 0 Å². The molecular formula is C26H44O5. The van der Waals surface area contributed by atoms with Crippen LogP contribution in [0.15, 0.2) is 18.2 Å². The molecule has 178 valence electrons. The molecule has 5 nitrogen and oxygen atoms in total. The van der Waals surface area contributed by atoms with Gasteiger partial charge in [-0.2, -0.15) is 0 Å². The molecule has 0 spiro atoms. The Balaban J connectivity index is 2.74. The molecule has 0 aliphatic rings. The van der Waals surface area contributed by atoms with Crippen molar-refractivity contribution in [3.8, 4) is 11.5 Å². The fraction of sp³-hybridized carbons (Fsp3) is 0.731. The molecule has 31 heavy (non-hydrogen) atoms. The Morgan fingerprint density at radius 1 is 1.00 bits per heavy atom. The Kier molecular flexibility index (Phi) is 12.8. The molecule has 3 atom stereocenters. The largest absolute Gasteiger partial charge is 0.493 e. The lowest BCUT2D eigenvalue weighted by Gasteiger charge is -2.25. The summed E-state index contributed by atoms with van der Waals surface area (Å²) in [6.45, 7) is 11.4. The van der Waals surface area contributed by atoms with Gasteiger partial charge in [0.15, 0.2) is 11.5 Å². The monoisotopic (exact) mass is 436 g/mol. The van der Waals surface area contributed by atoms with E-state index in [2.05, 4.69) is 26.0 Å². The number of aliphatic hydroxyl groups is 1. The fourth-order valence-corrected chi connectivity index (χ4v) is 4.05. The standard InChI is InChI=1S/C26H44O5/c1-18(2)22(10-11-23(28)17-24(19(3)4)20(5)27)15-21-9-12-25(30-7)26(16-21)31-14-8-13-29-6/h9,12,16,18-19,22-24,28H,8,10-11,13-15,17H2,1-7H3/t22-,23-,24+/m1/s1. The van der Waals surface area contributed by atoms with Gasteiger partial charge in [0.25, 0.3) is 0 Å². The maximum Gasteiger partial charge on any atom is 0.161 e. The first-order valence-corrected chi connectivity index (χ1v) is 11.7. The minimum absolute atomic E-state index is 0.0631. The summed E-state index contributed by atoms with van der Waals surface area (Å²) >= 11 is 0. The number of ether oxygens (including phenoxy) is 3. The van der Waals surface area contributed by atoms with Crippen LogP contribution in [-0.2, 0) is 16.0 Å². The molecule has 0 saturated heterocycles. The minimum Gasteiger partial charge on any atom is -0.493 e. The van der Waals surface area contributed by atoms with Crippen molar-refractivity contribution < 1.29 is 24.1 Å². The molecule has 5 heteroatoms. The Labute approximate surface area is 189 Å². The lowest BCUT2D eigenvalue weighted by molar-refractivity contribution is -0.123. The van der Waals surface area contributed by atoms with E-state index in [0.717, 1.165) is 37.2 Å².